The number of hydrogen-bond donors (Lipinski definition) is 4. The number of hydrogen-bond acceptors (Lipinski definition) is 10. The van der Waals surface area contributed by atoms with E-state index in [1.807, 2.05) is 13.8 Å². The summed E-state index contributed by atoms with van der Waals surface area (Å²) in [4.78, 5) is 0. The van der Waals surface area contributed by atoms with Gasteiger partial charge < -0.3 is 48.8 Å². The van der Waals surface area contributed by atoms with Gasteiger partial charge in [-0.05, 0) is 95.3 Å². The highest BCUT2D eigenvalue weighted by Gasteiger charge is 2.66. The first-order chi connectivity index (χ1) is 21.3. The van der Waals surface area contributed by atoms with Crippen LogP contribution in [0.5, 0.6) is 0 Å². The average Bonchev–Trinajstić information content (AvgIpc) is 3.28. The highest BCUT2D eigenvalue weighted by molar-refractivity contribution is 5.28. The van der Waals surface area contributed by atoms with Crippen molar-refractivity contribution in [2.45, 2.75) is 166 Å². The molecule has 10 nitrogen and oxygen atoms in total. The second-order valence-electron chi connectivity index (χ2n) is 15.6. The lowest BCUT2D eigenvalue weighted by atomic mass is 9.45. The highest BCUT2D eigenvalue weighted by atomic mass is 16.7. The van der Waals surface area contributed by atoms with Crippen LogP contribution >= 0.6 is 0 Å². The molecule has 2 aliphatic heterocycles. The molecule has 6 aliphatic rings. The summed E-state index contributed by atoms with van der Waals surface area (Å²) in [5.41, 5.74) is 0.545. The van der Waals surface area contributed by atoms with E-state index >= 15 is 0 Å². The fourth-order valence-corrected chi connectivity index (χ4v) is 10.8. The molecule has 0 radical (unpaired) electrons. The molecule has 2 heterocycles. The largest absolute Gasteiger partial charge is 0.393 e. The zero-order valence-corrected chi connectivity index (χ0v) is 28.3. The minimum atomic E-state index is -1.16. The van der Waals surface area contributed by atoms with Crippen LogP contribution in [0.1, 0.15) is 92.4 Å². The van der Waals surface area contributed by atoms with Gasteiger partial charge in [0, 0.05) is 26.1 Å². The molecular weight excluding hydrogens is 580 g/mol. The number of ether oxygens (including phenoxy) is 6. The van der Waals surface area contributed by atoms with Gasteiger partial charge in [-0.1, -0.05) is 25.5 Å². The first-order valence-corrected chi connectivity index (χ1v) is 17.4. The Morgan fingerprint density at radius 2 is 1.64 bits per heavy atom. The highest BCUT2D eigenvalue weighted by Crippen LogP contribution is 2.68. The van der Waals surface area contributed by atoms with Crippen LogP contribution in [-0.2, 0) is 28.4 Å². The molecule has 6 rings (SSSR count). The van der Waals surface area contributed by atoms with Gasteiger partial charge in [-0.15, -0.1) is 0 Å². The van der Waals surface area contributed by atoms with Crippen LogP contribution in [0.3, 0.4) is 0 Å². The normalized spacial score (nSPS) is 54.0. The van der Waals surface area contributed by atoms with Crippen molar-refractivity contribution < 1.29 is 48.8 Å². The van der Waals surface area contributed by atoms with Crippen molar-refractivity contribution in [1.29, 1.82) is 0 Å². The molecule has 3 saturated carbocycles. The Labute approximate surface area is 268 Å². The van der Waals surface area contributed by atoms with Crippen molar-refractivity contribution in [2.24, 2.45) is 28.6 Å². The maximum atomic E-state index is 12.3. The Hall–Kier alpha value is -0.660. The molecule has 0 unspecified atom stereocenters. The number of rotatable bonds is 7. The molecule has 4 N–H and O–H groups in total. The van der Waals surface area contributed by atoms with E-state index in [9.17, 15) is 20.4 Å². The molecule has 2 saturated heterocycles. The third-order valence-corrected chi connectivity index (χ3v) is 13.5. The quantitative estimate of drug-likeness (QED) is 0.307. The SMILES string of the molecule is CO[C@H]1[C@@H](O)[C@@H](C)O[C@@H](O[C@@H]2[C@@H](C)O[C@@H](O[C@H]3CC[C@@]4(C)C(=CC[C@@H]5[C@@H]4CC[C@]4(C)[C@@H]([C@H](C)O)CC[C@]54O)C3)C[C@H]2OC)[C@@H]1O. The van der Waals surface area contributed by atoms with Crippen molar-refractivity contribution in [2.75, 3.05) is 14.2 Å². The van der Waals surface area contributed by atoms with E-state index in [0.29, 0.717) is 12.3 Å². The fraction of sp³-hybridized carbons (Fsp3) is 0.943. The molecule has 4 aliphatic carbocycles. The van der Waals surface area contributed by atoms with Crippen LogP contribution in [0.15, 0.2) is 11.6 Å². The average molecular weight is 639 g/mol. The van der Waals surface area contributed by atoms with E-state index < -0.39 is 54.8 Å². The van der Waals surface area contributed by atoms with Gasteiger partial charge in [-0.25, -0.2) is 0 Å². The second-order valence-corrected chi connectivity index (χ2v) is 15.6. The second kappa shape index (κ2) is 12.7. The van der Waals surface area contributed by atoms with E-state index in [4.69, 9.17) is 28.4 Å². The number of aliphatic hydroxyl groups excluding tert-OH is 3. The van der Waals surface area contributed by atoms with Gasteiger partial charge in [-0.3, -0.25) is 0 Å². The van der Waals surface area contributed by atoms with Crippen LogP contribution in [0.25, 0.3) is 0 Å². The summed E-state index contributed by atoms with van der Waals surface area (Å²) in [7, 11) is 3.09. The third-order valence-electron chi connectivity index (χ3n) is 13.5. The van der Waals surface area contributed by atoms with Crippen molar-refractivity contribution in [3.63, 3.8) is 0 Å². The lowest BCUT2D eigenvalue weighted by molar-refractivity contribution is -0.342. The Balaban J connectivity index is 1.09. The van der Waals surface area contributed by atoms with E-state index in [-0.39, 0.29) is 41.0 Å². The summed E-state index contributed by atoms with van der Waals surface area (Å²) in [5.74, 6) is 0.818. The number of aliphatic hydroxyl groups is 4. The van der Waals surface area contributed by atoms with Gasteiger partial charge >= 0.3 is 0 Å². The molecular formula is C35H58O10. The van der Waals surface area contributed by atoms with Gasteiger partial charge in [0.2, 0.25) is 0 Å². The Morgan fingerprint density at radius 3 is 2.33 bits per heavy atom. The number of methoxy groups -OCH3 is 2. The van der Waals surface area contributed by atoms with Crippen LogP contribution in [-0.4, -0.2) is 108 Å². The maximum absolute atomic E-state index is 12.3. The lowest BCUT2D eigenvalue weighted by Crippen LogP contribution is -2.61. The summed E-state index contributed by atoms with van der Waals surface area (Å²) in [6.45, 7) is 10.2. The zero-order valence-electron chi connectivity index (χ0n) is 28.3. The lowest BCUT2D eigenvalue weighted by Gasteiger charge is -2.61. The number of allylic oxidation sites excluding steroid dienone is 1. The van der Waals surface area contributed by atoms with Crippen LogP contribution in [0, 0.1) is 28.6 Å². The first kappa shape index (κ1) is 34.2. The van der Waals surface area contributed by atoms with E-state index in [2.05, 4.69) is 19.9 Å². The third kappa shape index (κ3) is 5.57. The molecule has 10 heteroatoms. The molecule has 45 heavy (non-hydrogen) atoms. The van der Waals surface area contributed by atoms with Crippen LogP contribution in [0.4, 0.5) is 0 Å². The van der Waals surface area contributed by atoms with Gasteiger partial charge in [0.25, 0.3) is 0 Å². The monoisotopic (exact) mass is 638 g/mol. The Morgan fingerprint density at radius 1 is 0.889 bits per heavy atom. The van der Waals surface area contributed by atoms with E-state index in [1.165, 1.54) is 12.7 Å². The predicted octanol–water partition coefficient (Wildman–Crippen LogP) is 3.46. The van der Waals surface area contributed by atoms with Crippen LogP contribution in [0.2, 0.25) is 0 Å². The summed E-state index contributed by atoms with van der Waals surface area (Å²) >= 11 is 0. The van der Waals surface area contributed by atoms with Crippen molar-refractivity contribution in [3.8, 4) is 0 Å². The predicted molar refractivity (Wildman–Crippen MR) is 165 cm³/mol. The maximum Gasteiger partial charge on any atom is 0.187 e. The molecule has 0 aromatic carbocycles. The van der Waals surface area contributed by atoms with Crippen molar-refractivity contribution >= 4 is 0 Å². The van der Waals surface area contributed by atoms with Crippen molar-refractivity contribution in [1.82, 2.24) is 0 Å². The minimum absolute atomic E-state index is 0.0318. The fourth-order valence-electron chi connectivity index (χ4n) is 10.8. The van der Waals surface area contributed by atoms with E-state index in [1.54, 1.807) is 14.0 Å². The van der Waals surface area contributed by atoms with Crippen molar-refractivity contribution in [3.05, 3.63) is 11.6 Å². The molecule has 0 aromatic heterocycles. The smallest absolute Gasteiger partial charge is 0.187 e. The summed E-state index contributed by atoms with van der Waals surface area (Å²) < 4.78 is 36.2. The number of fused-ring (bicyclic) bond motifs is 5. The Kier molecular flexibility index (Phi) is 9.62. The summed E-state index contributed by atoms with van der Waals surface area (Å²) in [6.07, 6.45) is 3.77. The molecule has 17 atom stereocenters. The molecule has 5 fully saturated rings. The summed E-state index contributed by atoms with van der Waals surface area (Å²) in [5, 5.41) is 44.0. The van der Waals surface area contributed by atoms with Crippen LogP contribution < -0.4 is 0 Å². The van der Waals surface area contributed by atoms with Gasteiger partial charge in [-0.2, -0.15) is 0 Å². The molecule has 0 bridgehead atoms. The molecule has 0 amide bonds. The minimum Gasteiger partial charge on any atom is -0.393 e. The van der Waals surface area contributed by atoms with E-state index in [0.717, 1.165) is 51.4 Å². The standard InChI is InChI=1S/C35H58O10/c1-18(36)23-12-15-35(39)25-9-8-21-16-22(10-13-33(21,4)24(25)11-14-34(23,35)5)44-27-17-26(40-6)30(20(3)42-27)45-32-29(38)31(41-7)28(37)19(2)43-32/h8,18-20,22-32,36-39H,9-17H2,1-7H3/t18-,19+,20+,22-,23+,24-,25+,26+,27-,28-,29+,30+,31-,32-,33-,34+,35-/m0/s1. The molecule has 0 spiro atoms. The molecule has 0 aromatic rings. The van der Waals surface area contributed by atoms with Gasteiger partial charge in [0.05, 0.1) is 36.1 Å². The topological polar surface area (TPSA) is 136 Å². The van der Waals surface area contributed by atoms with Gasteiger partial charge in [0.15, 0.2) is 12.6 Å². The first-order valence-electron chi connectivity index (χ1n) is 17.4. The Bertz CT molecular complexity index is 1080. The van der Waals surface area contributed by atoms with Gasteiger partial charge in [0.1, 0.15) is 24.4 Å². The summed E-state index contributed by atoms with van der Waals surface area (Å²) in [6, 6.07) is 0. The molecule has 258 valence electrons. The zero-order chi connectivity index (χ0) is 32.5.